The van der Waals surface area contributed by atoms with Crippen LogP contribution in [0.25, 0.3) is 0 Å². The Morgan fingerprint density at radius 3 is 2.57 bits per heavy atom. The lowest BCUT2D eigenvalue weighted by atomic mass is 9.92. The van der Waals surface area contributed by atoms with Crippen LogP contribution in [0.3, 0.4) is 0 Å². The lowest BCUT2D eigenvalue weighted by Crippen LogP contribution is -2.45. The number of unbranched alkanes of at least 4 members (excludes halogenated alkanes) is 3. The van der Waals surface area contributed by atoms with Crippen LogP contribution in [0.4, 0.5) is 0 Å². The van der Waals surface area contributed by atoms with Crippen molar-refractivity contribution in [3.63, 3.8) is 0 Å². The maximum Gasteiger partial charge on any atom is 0.323 e. The number of nitrogens with two attached hydrogens (primary N) is 1. The van der Waals surface area contributed by atoms with E-state index in [9.17, 15) is 9.90 Å². The van der Waals surface area contributed by atoms with Crippen molar-refractivity contribution in [3.8, 4) is 0 Å². The molecule has 1 saturated carbocycles. The quantitative estimate of drug-likeness (QED) is 0.749. The van der Waals surface area contributed by atoms with Crippen LogP contribution in [-0.2, 0) is 11.2 Å². The first kappa shape index (κ1) is 16.0. The summed E-state index contributed by atoms with van der Waals surface area (Å²) in [6.07, 6.45) is 8.28. The Labute approximate surface area is 127 Å². The molecule has 0 aromatic heterocycles. The van der Waals surface area contributed by atoms with Crippen molar-refractivity contribution in [3.05, 3.63) is 35.4 Å². The van der Waals surface area contributed by atoms with Gasteiger partial charge in [0.1, 0.15) is 5.54 Å². The second-order valence-electron chi connectivity index (χ2n) is 6.45. The van der Waals surface area contributed by atoms with E-state index in [1.54, 1.807) is 0 Å². The number of rotatable bonds is 7. The van der Waals surface area contributed by atoms with Crippen molar-refractivity contribution in [2.24, 2.45) is 5.73 Å². The lowest BCUT2D eigenvalue weighted by molar-refractivity contribution is -0.143. The van der Waals surface area contributed by atoms with Gasteiger partial charge in [0.2, 0.25) is 0 Å². The van der Waals surface area contributed by atoms with Crippen molar-refractivity contribution in [1.82, 2.24) is 0 Å². The van der Waals surface area contributed by atoms with E-state index in [0.717, 1.165) is 12.8 Å². The zero-order chi connectivity index (χ0) is 15.3. The van der Waals surface area contributed by atoms with Crippen LogP contribution in [0.1, 0.15) is 68.9 Å². The van der Waals surface area contributed by atoms with E-state index in [-0.39, 0.29) is 0 Å². The summed E-state index contributed by atoms with van der Waals surface area (Å²) in [5.74, 6) is -0.571. The molecule has 116 valence electrons. The van der Waals surface area contributed by atoms with Gasteiger partial charge in [0.15, 0.2) is 0 Å². The van der Waals surface area contributed by atoms with Crippen LogP contribution in [0.15, 0.2) is 24.3 Å². The van der Waals surface area contributed by atoms with Crippen molar-refractivity contribution in [2.75, 3.05) is 0 Å². The Hall–Kier alpha value is -1.35. The Bertz CT molecular complexity index is 469. The summed E-state index contributed by atoms with van der Waals surface area (Å²) in [5, 5.41) is 9.20. The number of carboxylic acids is 1. The van der Waals surface area contributed by atoms with E-state index < -0.39 is 11.5 Å². The molecule has 1 aromatic rings. The van der Waals surface area contributed by atoms with E-state index >= 15 is 0 Å². The normalized spacial score (nSPS) is 25.1. The summed E-state index contributed by atoms with van der Waals surface area (Å²) in [6.45, 7) is 2.23. The Balaban J connectivity index is 1.89. The van der Waals surface area contributed by atoms with Gasteiger partial charge in [-0.15, -0.1) is 0 Å². The first-order valence-corrected chi connectivity index (χ1v) is 8.16. The molecule has 3 nitrogen and oxygen atoms in total. The van der Waals surface area contributed by atoms with Crippen molar-refractivity contribution in [1.29, 1.82) is 0 Å². The minimum absolute atomic E-state index is 0.292. The summed E-state index contributed by atoms with van der Waals surface area (Å²) in [6, 6.07) is 8.71. The third kappa shape index (κ3) is 4.07. The molecule has 0 spiro atoms. The monoisotopic (exact) mass is 289 g/mol. The Kier molecular flexibility index (Phi) is 5.40. The van der Waals surface area contributed by atoms with E-state index in [1.165, 1.54) is 36.8 Å². The van der Waals surface area contributed by atoms with Gasteiger partial charge in [0, 0.05) is 0 Å². The lowest BCUT2D eigenvalue weighted by Gasteiger charge is -2.18. The molecule has 0 heterocycles. The number of benzene rings is 1. The highest BCUT2D eigenvalue weighted by Gasteiger charge is 2.42. The van der Waals surface area contributed by atoms with Gasteiger partial charge in [-0.05, 0) is 49.1 Å². The maximum absolute atomic E-state index is 11.2. The number of carboxylic acid groups (broad SMARTS) is 1. The van der Waals surface area contributed by atoms with Crippen LogP contribution in [-0.4, -0.2) is 16.6 Å². The molecule has 0 bridgehead atoms. The second kappa shape index (κ2) is 7.08. The van der Waals surface area contributed by atoms with Crippen LogP contribution in [0.2, 0.25) is 0 Å². The number of aliphatic carboxylic acids is 1. The zero-order valence-electron chi connectivity index (χ0n) is 13.0. The minimum Gasteiger partial charge on any atom is -0.480 e. The number of hydrogen-bond acceptors (Lipinski definition) is 2. The fraction of sp³-hybridized carbons (Fsp3) is 0.611. The highest BCUT2D eigenvalue weighted by Crippen LogP contribution is 2.39. The molecular formula is C18H27NO2. The zero-order valence-corrected chi connectivity index (χ0v) is 13.0. The van der Waals surface area contributed by atoms with E-state index in [0.29, 0.717) is 18.8 Å². The van der Waals surface area contributed by atoms with E-state index in [1.807, 2.05) is 0 Å². The molecule has 0 unspecified atom stereocenters. The molecule has 0 saturated heterocycles. The largest absolute Gasteiger partial charge is 0.480 e. The third-order valence-electron chi connectivity index (χ3n) is 4.75. The van der Waals surface area contributed by atoms with E-state index in [2.05, 4.69) is 31.2 Å². The molecular weight excluding hydrogens is 262 g/mol. The summed E-state index contributed by atoms with van der Waals surface area (Å²) in [4.78, 5) is 11.2. The molecule has 21 heavy (non-hydrogen) atoms. The molecule has 3 N–H and O–H groups in total. The molecule has 1 fully saturated rings. The predicted octanol–water partition coefficient (Wildman–Crippen LogP) is 3.86. The molecule has 1 aromatic carbocycles. The van der Waals surface area contributed by atoms with Crippen molar-refractivity contribution in [2.45, 2.75) is 69.7 Å². The van der Waals surface area contributed by atoms with Gasteiger partial charge in [0.25, 0.3) is 0 Å². The molecule has 1 aliphatic carbocycles. The fourth-order valence-electron chi connectivity index (χ4n) is 3.27. The molecule has 1 aliphatic rings. The van der Waals surface area contributed by atoms with Crippen molar-refractivity contribution >= 4 is 5.97 Å². The van der Waals surface area contributed by atoms with Gasteiger partial charge < -0.3 is 10.8 Å². The van der Waals surface area contributed by atoms with Crippen LogP contribution in [0.5, 0.6) is 0 Å². The predicted molar refractivity (Wildman–Crippen MR) is 85.4 cm³/mol. The molecule has 2 rings (SSSR count). The number of hydrogen-bond donors (Lipinski definition) is 2. The minimum atomic E-state index is -1.02. The summed E-state index contributed by atoms with van der Waals surface area (Å²) >= 11 is 0. The number of carbonyl (C=O) groups is 1. The topological polar surface area (TPSA) is 63.3 Å². The smallest absolute Gasteiger partial charge is 0.323 e. The van der Waals surface area contributed by atoms with Gasteiger partial charge in [-0.2, -0.15) is 0 Å². The van der Waals surface area contributed by atoms with Crippen LogP contribution >= 0.6 is 0 Å². The molecule has 3 heteroatoms. The van der Waals surface area contributed by atoms with Gasteiger partial charge in [-0.25, -0.2) is 0 Å². The first-order chi connectivity index (χ1) is 10.0. The van der Waals surface area contributed by atoms with Crippen LogP contribution < -0.4 is 5.73 Å². The Morgan fingerprint density at radius 1 is 1.29 bits per heavy atom. The van der Waals surface area contributed by atoms with Crippen molar-refractivity contribution < 1.29 is 9.90 Å². The molecule has 0 aliphatic heterocycles. The molecule has 0 radical (unpaired) electrons. The van der Waals surface area contributed by atoms with E-state index in [4.69, 9.17) is 5.73 Å². The van der Waals surface area contributed by atoms with Gasteiger partial charge in [-0.3, -0.25) is 4.79 Å². The second-order valence-corrected chi connectivity index (χ2v) is 6.45. The molecule has 0 amide bonds. The van der Waals surface area contributed by atoms with Gasteiger partial charge in [-0.1, -0.05) is 50.5 Å². The first-order valence-electron chi connectivity index (χ1n) is 8.16. The number of aryl methyl sites for hydroxylation is 1. The summed E-state index contributed by atoms with van der Waals surface area (Å²) in [7, 11) is 0. The van der Waals surface area contributed by atoms with Gasteiger partial charge >= 0.3 is 5.97 Å². The standard InChI is InChI=1S/C18H27NO2/c1-2-3-4-5-6-14-7-9-15(10-8-14)16-11-12-18(19,13-16)17(20)21/h7-10,16H,2-6,11-13,19H2,1H3,(H,20,21)/t16-,18-/m1/s1. The maximum atomic E-state index is 11.2. The average Bonchev–Trinajstić information content (AvgIpc) is 2.88. The summed E-state index contributed by atoms with van der Waals surface area (Å²) in [5.41, 5.74) is 7.55. The van der Waals surface area contributed by atoms with Crippen LogP contribution in [0, 0.1) is 0 Å². The van der Waals surface area contributed by atoms with Gasteiger partial charge in [0.05, 0.1) is 0 Å². The molecule has 2 atom stereocenters. The summed E-state index contributed by atoms with van der Waals surface area (Å²) < 4.78 is 0. The fourth-order valence-corrected chi connectivity index (χ4v) is 3.27. The Morgan fingerprint density at radius 2 is 2.00 bits per heavy atom. The third-order valence-corrected chi connectivity index (χ3v) is 4.75. The average molecular weight is 289 g/mol. The highest BCUT2D eigenvalue weighted by molar-refractivity contribution is 5.79. The highest BCUT2D eigenvalue weighted by atomic mass is 16.4. The SMILES string of the molecule is CCCCCCc1ccc([C@@H]2CC[C@](N)(C(=O)O)C2)cc1.